The largest absolute Gasteiger partial charge is 0.480 e. The van der Waals surface area contributed by atoms with Gasteiger partial charge in [0.1, 0.15) is 17.7 Å². The SMILES string of the molecule is CCCC(C)(NC(=O)C1(NC(=O)OCC2c3ccccc3-c3ccccc32)CCN(Cc2ccccc2)C1)C(=O)O. The van der Waals surface area contributed by atoms with Gasteiger partial charge in [-0.25, -0.2) is 9.59 Å². The van der Waals surface area contributed by atoms with Crippen LogP contribution in [0.5, 0.6) is 0 Å². The van der Waals surface area contributed by atoms with E-state index in [1.165, 1.54) is 6.92 Å². The van der Waals surface area contributed by atoms with Crippen molar-refractivity contribution in [1.29, 1.82) is 0 Å². The Hall–Kier alpha value is -4.17. The van der Waals surface area contributed by atoms with Gasteiger partial charge in [-0.1, -0.05) is 92.2 Å². The fourth-order valence-electron chi connectivity index (χ4n) is 6.13. The van der Waals surface area contributed by atoms with Gasteiger partial charge in [-0.05, 0) is 47.6 Å². The first kappa shape index (κ1) is 28.4. The van der Waals surface area contributed by atoms with Crippen LogP contribution in [-0.4, -0.2) is 58.8 Å². The van der Waals surface area contributed by atoms with E-state index >= 15 is 0 Å². The molecule has 1 aliphatic carbocycles. The third kappa shape index (κ3) is 5.84. The lowest BCUT2D eigenvalue weighted by atomic mass is 9.91. The van der Waals surface area contributed by atoms with Gasteiger partial charge in [0.25, 0.3) is 0 Å². The first-order chi connectivity index (χ1) is 19.7. The fourth-order valence-corrected chi connectivity index (χ4v) is 6.13. The van der Waals surface area contributed by atoms with Crippen LogP contribution in [0, 0.1) is 0 Å². The predicted octanol–water partition coefficient (Wildman–Crippen LogP) is 4.93. The van der Waals surface area contributed by atoms with Crippen LogP contribution in [0.25, 0.3) is 11.1 Å². The molecule has 0 bridgehead atoms. The highest BCUT2D eigenvalue weighted by atomic mass is 16.5. The van der Waals surface area contributed by atoms with Crippen LogP contribution < -0.4 is 10.6 Å². The number of carbonyl (C=O) groups is 3. The summed E-state index contributed by atoms with van der Waals surface area (Å²) in [6.07, 6.45) is 0.479. The van der Waals surface area contributed by atoms with Crippen molar-refractivity contribution in [2.75, 3.05) is 19.7 Å². The summed E-state index contributed by atoms with van der Waals surface area (Å²) >= 11 is 0. The molecule has 214 valence electrons. The summed E-state index contributed by atoms with van der Waals surface area (Å²) in [7, 11) is 0. The number of alkyl carbamates (subject to hydrolysis) is 1. The maximum absolute atomic E-state index is 13.8. The molecule has 8 nitrogen and oxygen atoms in total. The number of nitrogens with zero attached hydrogens (tertiary/aromatic N) is 1. The highest BCUT2D eigenvalue weighted by Crippen LogP contribution is 2.44. The molecule has 1 saturated heterocycles. The molecule has 1 aliphatic heterocycles. The molecule has 0 radical (unpaired) electrons. The number of rotatable bonds is 10. The van der Waals surface area contributed by atoms with Gasteiger partial charge in [0, 0.05) is 25.6 Å². The number of hydrogen-bond acceptors (Lipinski definition) is 5. The third-order valence-corrected chi connectivity index (χ3v) is 8.33. The molecule has 0 aromatic heterocycles. The van der Waals surface area contributed by atoms with Crippen molar-refractivity contribution in [1.82, 2.24) is 15.5 Å². The smallest absolute Gasteiger partial charge is 0.408 e. The van der Waals surface area contributed by atoms with E-state index in [0.29, 0.717) is 25.9 Å². The van der Waals surface area contributed by atoms with E-state index in [2.05, 4.69) is 39.8 Å². The van der Waals surface area contributed by atoms with Crippen molar-refractivity contribution in [3.63, 3.8) is 0 Å². The Morgan fingerprint density at radius 3 is 2.20 bits per heavy atom. The number of aliphatic carboxylic acids is 1. The summed E-state index contributed by atoms with van der Waals surface area (Å²) in [6, 6.07) is 26.1. The third-order valence-electron chi connectivity index (χ3n) is 8.33. The van der Waals surface area contributed by atoms with Gasteiger partial charge in [0.2, 0.25) is 5.91 Å². The minimum Gasteiger partial charge on any atom is -0.480 e. The number of likely N-dealkylation sites (tertiary alicyclic amines) is 1. The maximum atomic E-state index is 13.8. The van der Waals surface area contributed by atoms with Gasteiger partial charge >= 0.3 is 12.1 Å². The standard InChI is InChI=1S/C33H37N3O5/c1-3-17-32(2,30(38)39)34-29(37)33(18-19-36(22-33)20-23-11-5-4-6-12-23)35-31(40)41-21-28-26-15-9-7-13-24(26)25-14-8-10-16-27(25)28/h4-16,28H,3,17-22H2,1-2H3,(H,34,37)(H,35,40)(H,38,39). The zero-order valence-corrected chi connectivity index (χ0v) is 23.6. The van der Waals surface area contributed by atoms with E-state index in [-0.39, 0.29) is 25.5 Å². The maximum Gasteiger partial charge on any atom is 0.408 e. The average Bonchev–Trinajstić information content (AvgIpc) is 3.52. The molecule has 41 heavy (non-hydrogen) atoms. The van der Waals surface area contributed by atoms with Gasteiger partial charge in [-0.3, -0.25) is 9.69 Å². The van der Waals surface area contributed by atoms with Gasteiger partial charge in [-0.2, -0.15) is 0 Å². The number of amides is 2. The molecule has 2 amide bonds. The number of carboxylic acid groups (broad SMARTS) is 1. The lowest BCUT2D eigenvalue weighted by Gasteiger charge is -2.34. The quantitative estimate of drug-likeness (QED) is 0.328. The van der Waals surface area contributed by atoms with E-state index < -0.39 is 29.0 Å². The van der Waals surface area contributed by atoms with E-state index in [9.17, 15) is 19.5 Å². The number of nitrogens with one attached hydrogen (secondary N) is 2. The molecular formula is C33H37N3O5. The minimum atomic E-state index is -1.45. The summed E-state index contributed by atoms with van der Waals surface area (Å²) in [4.78, 5) is 41.3. The fraction of sp³-hybridized carbons (Fsp3) is 0.364. The lowest BCUT2D eigenvalue weighted by molar-refractivity contribution is -0.148. The highest BCUT2D eigenvalue weighted by molar-refractivity contribution is 5.94. The Bertz CT molecular complexity index is 1380. The molecule has 0 spiro atoms. The van der Waals surface area contributed by atoms with Crippen LogP contribution in [0.2, 0.25) is 0 Å². The molecule has 1 heterocycles. The van der Waals surface area contributed by atoms with E-state index in [0.717, 1.165) is 27.8 Å². The Kier molecular flexibility index (Phi) is 8.13. The van der Waals surface area contributed by atoms with E-state index in [1.807, 2.05) is 61.5 Å². The molecule has 1 fully saturated rings. The van der Waals surface area contributed by atoms with Crippen molar-refractivity contribution < 1.29 is 24.2 Å². The molecule has 2 aliphatic rings. The molecule has 3 aromatic carbocycles. The second-order valence-electron chi connectivity index (χ2n) is 11.3. The Labute approximate surface area is 240 Å². The summed E-state index contributed by atoms with van der Waals surface area (Å²) < 4.78 is 5.79. The van der Waals surface area contributed by atoms with Crippen LogP contribution in [-0.2, 0) is 20.9 Å². The van der Waals surface area contributed by atoms with Crippen LogP contribution in [0.3, 0.4) is 0 Å². The van der Waals surface area contributed by atoms with Gasteiger partial charge in [0.05, 0.1) is 0 Å². The molecule has 2 unspecified atom stereocenters. The van der Waals surface area contributed by atoms with E-state index in [1.54, 1.807) is 0 Å². The molecule has 8 heteroatoms. The predicted molar refractivity (Wildman–Crippen MR) is 156 cm³/mol. The lowest BCUT2D eigenvalue weighted by Crippen LogP contribution is -2.65. The van der Waals surface area contributed by atoms with Crippen molar-refractivity contribution in [3.05, 3.63) is 95.6 Å². The molecule has 3 N–H and O–H groups in total. The van der Waals surface area contributed by atoms with E-state index in [4.69, 9.17) is 4.74 Å². The Morgan fingerprint density at radius 1 is 0.976 bits per heavy atom. The van der Waals surface area contributed by atoms with Crippen molar-refractivity contribution >= 4 is 18.0 Å². The number of carboxylic acids is 1. The minimum absolute atomic E-state index is 0.115. The first-order valence-electron chi connectivity index (χ1n) is 14.2. The highest BCUT2D eigenvalue weighted by Gasteiger charge is 2.49. The molecule has 0 saturated carbocycles. The zero-order chi connectivity index (χ0) is 29.0. The van der Waals surface area contributed by atoms with Crippen molar-refractivity contribution in [2.24, 2.45) is 0 Å². The van der Waals surface area contributed by atoms with Gasteiger partial charge in [-0.15, -0.1) is 0 Å². The monoisotopic (exact) mass is 555 g/mol. The summed E-state index contributed by atoms with van der Waals surface area (Å²) in [5.74, 6) is -1.74. The molecule has 2 atom stereocenters. The Morgan fingerprint density at radius 2 is 1.59 bits per heavy atom. The second kappa shape index (κ2) is 11.7. The van der Waals surface area contributed by atoms with Gasteiger partial charge in [0.15, 0.2) is 0 Å². The number of ether oxygens (including phenoxy) is 1. The van der Waals surface area contributed by atoms with Gasteiger partial charge < -0.3 is 20.5 Å². The van der Waals surface area contributed by atoms with Crippen molar-refractivity contribution in [2.45, 2.75) is 56.7 Å². The molecular weight excluding hydrogens is 518 g/mol. The van der Waals surface area contributed by atoms with Crippen LogP contribution in [0.4, 0.5) is 4.79 Å². The number of carbonyl (C=O) groups excluding carboxylic acids is 2. The molecule has 5 rings (SSSR count). The first-order valence-corrected chi connectivity index (χ1v) is 14.2. The second-order valence-corrected chi connectivity index (χ2v) is 11.3. The molecule has 3 aromatic rings. The van der Waals surface area contributed by atoms with Crippen LogP contribution >= 0.6 is 0 Å². The topological polar surface area (TPSA) is 108 Å². The normalized spacial score (nSPS) is 19.6. The number of fused-ring (bicyclic) bond motifs is 3. The number of benzene rings is 3. The van der Waals surface area contributed by atoms with Crippen LogP contribution in [0.15, 0.2) is 78.9 Å². The van der Waals surface area contributed by atoms with Crippen molar-refractivity contribution in [3.8, 4) is 11.1 Å². The Balaban J connectivity index is 1.34. The zero-order valence-electron chi connectivity index (χ0n) is 23.6. The summed E-state index contributed by atoms with van der Waals surface area (Å²) in [5, 5.41) is 15.5. The summed E-state index contributed by atoms with van der Waals surface area (Å²) in [6.45, 7) is 4.90. The number of hydrogen-bond donors (Lipinski definition) is 3. The average molecular weight is 556 g/mol. The summed E-state index contributed by atoms with van der Waals surface area (Å²) in [5.41, 5.74) is 2.76. The van der Waals surface area contributed by atoms with Crippen LogP contribution in [0.1, 0.15) is 55.7 Å².